The van der Waals surface area contributed by atoms with E-state index in [1.165, 1.54) is 43.5 Å². The van der Waals surface area contributed by atoms with Crippen molar-refractivity contribution < 1.29 is 14.3 Å². The number of carbonyl (C=O) groups excluding carboxylic acids is 2. The van der Waals surface area contributed by atoms with Gasteiger partial charge in [-0.2, -0.15) is 5.26 Å². The summed E-state index contributed by atoms with van der Waals surface area (Å²) in [4.78, 5) is 31.3. The van der Waals surface area contributed by atoms with Gasteiger partial charge in [-0.25, -0.2) is 0 Å². The van der Waals surface area contributed by atoms with E-state index in [1.807, 2.05) is 46.2 Å². The quantitative estimate of drug-likeness (QED) is 0.290. The van der Waals surface area contributed by atoms with Crippen LogP contribution in [0.5, 0.6) is 0 Å². The van der Waals surface area contributed by atoms with E-state index in [-0.39, 0.29) is 23.9 Å². The summed E-state index contributed by atoms with van der Waals surface area (Å²) in [6, 6.07) is 10.7. The summed E-state index contributed by atoms with van der Waals surface area (Å²) < 4.78 is 4.88. The van der Waals surface area contributed by atoms with Crippen LogP contribution in [0, 0.1) is 17.2 Å². The molecule has 2 amide bonds. The van der Waals surface area contributed by atoms with Crippen molar-refractivity contribution in [1.82, 2.24) is 20.0 Å². The highest BCUT2D eigenvalue weighted by Gasteiger charge is 2.18. The topological polar surface area (TPSA) is 101 Å². The number of anilines is 1. The second kappa shape index (κ2) is 21.2. The molecule has 42 heavy (non-hydrogen) atoms. The Balaban J connectivity index is 0.000000532. The first-order valence-electron chi connectivity index (χ1n) is 15.0. The maximum Gasteiger partial charge on any atom is 0.259 e. The maximum atomic E-state index is 12.4. The Bertz CT molecular complexity index is 989. The second-order valence-electron chi connectivity index (χ2n) is 10.9. The number of benzene rings is 1. The van der Waals surface area contributed by atoms with Gasteiger partial charge >= 0.3 is 0 Å². The SMILES string of the molecule is CCCC(C#N)C(=O)NC(C)COC.CCN(C)C(=O)C(=CC(C)Nc1ccc(CCN2CCN(C)CC2)cc1)SC. The fourth-order valence-electron chi connectivity index (χ4n) is 4.39. The Labute approximate surface area is 259 Å². The van der Waals surface area contributed by atoms with Gasteiger partial charge in [-0.1, -0.05) is 25.5 Å². The fourth-order valence-corrected chi connectivity index (χ4v) is 5.07. The highest BCUT2D eigenvalue weighted by atomic mass is 32.2. The monoisotopic (exact) mass is 602 g/mol. The molecule has 0 aliphatic carbocycles. The maximum absolute atomic E-state index is 12.4. The van der Waals surface area contributed by atoms with E-state index in [9.17, 15) is 9.59 Å². The molecule has 2 N–H and O–H groups in total. The van der Waals surface area contributed by atoms with E-state index in [0.717, 1.165) is 30.0 Å². The van der Waals surface area contributed by atoms with E-state index in [2.05, 4.69) is 58.7 Å². The van der Waals surface area contributed by atoms with Gasteiger partial charge in [-0.05, 0) is 70.7 Å². The number of amides is 2. The van der Waals surface area contributed by atoms with E-state index in [4.69, 9.17) is 10.00 Å². The minimum atomic E-state index is -0.528. The molecule has 3 unspecified atom stereocenters. The third-order valence-electron chi connectivity index (χ3n) is 7.17. The van der Waals surface area contributed by atoms with Crippen molar-refractivity contribution in [3.63, 3.8) is 0 Å². The molecule has 9 nitrogen and oxygen atoms in total. The molecule has 2 rings (SSSR count). The molecule has 1 aromatic rings. The number of nitrogens with one attached hydrogen (secondary N) is 2. The van der Waals surface area contributed by atoms with Crippen molar-refractivity contribution in [3.05, 3.63) is 40.8 Å². The number of hydrogen-bond donors (Lipinski definition) is 2. The molecule has 0 spiro atoms. The molecular weight excluding hydrogens is 548 g/mol. The van der Waals surface area contributed by atoms with Crippen molar-refractivity contribution >= 4 is 29.3 Å². The summed E-state index contributed by atoms with van der Waals surface area (Å²) in [6.07, 6.45) is 6.51. The fraction of sp³-hybridized carbons (Fsp3) is 0.656. The predicted octanol–water partition coefficient (Wildman–Crippen LogP) is 4.08. The number of ether oxygens (including phenoxy) is 1. The summed E-state index contributed by atoms with van der Waals surface area (Å²) in [5.74, 6) is -0.638. The molecule has 1 aliphatic heterocycles. The lowest BCUT2D eigenvalue weighted by Crippen LogP contribution is -2.45. The van der Waals surface area contributed by atoms with E-state index >= 15 is 0 Å². The highest BCUT2D eigenvalue weighted by molar-refractivity contribution is 8.03. The molecule has 3 atom stereocenters. The Morgan fingerprint density at radius 3 is 2.33 bits per heavy atom. The Morgan fingerprint density at radius 1 is 1.17 bits per heavy atom. The minimum absolute atomic E-state index is 0.0415. The molecule has 10 heteroatoms. The average molecular weight is 603 g/mol. The Hall–Kier alpha value is -2.58. The smallest absolute Gasteiger partial charge is 0.259 e. The molecule has 0 bridgehead atoms. The molecule has 0 aromatic heterocycles. The van der Waals surface area contributed by atoms with Crippen LogP contribution in [-0.2, 0) is 20.7 Å². The number of methoxy groups -OCH3 is 1. The van der Waals surface area contributed by atoms with Crippen LogP contribution in [0.4, 0.5) is 5.69 Å². The summed E-state index contributed by atoms with van der Waals surface area (Å²) in [5.41, 5.74) is 2.46. The molecule has 1 aliphatic rings. The van der Waals surface area contributed by atoms with Crippen molar-refractivity contribution in [3.8, 4) is 6.07 Å². The molecule has 1 saturated heterocycles. The van der Waals surface area contributed by atoms with E-state index < -0.39 is 5.92 Å². The number of thioether (sulfide) groups is 1. The number of hydrogen-bond acceptors (Lipinski definition) is 8. The van der Waals surface area contributed by atoms with Gasteiger partial charge < -0.3 is 30.1 Å². The number of rotatable bonds is 15. The van der Waals surface area contributed by atoms with Gasteiger partial charge in [0.25, 0.3) is 5.91 Å². The van der Waals surface area contributed by atoms with Crippen LogP contribution < -0.4 is 10.6 Å². The molecule has 1 heterocycles. The van der Waals surface area contributed by atoms with Crippen LogP contribution >= 0.6 is 11.8 Å². The molecule has 0 radical (unpaired) electrons. The standard InChI is InChI=1S/C22H36N4OS.C10H18N2O2/c1-6-25(4)22(27)21(28-5)17-18(2)23-20-9-7-19(8-10-20)11-12-26-15-13-24(3)14-16-26;1-4-5-9(6-11)10(13)12-8(2)7-14-3/h7-10,17-18,23H,6,11-16H2,1-5H3;8-9H,4-5,7H2,1-3H3,(H,12,13). The van der Waals surface area contributed by atoms with Crippen LogP contribution in [0.1, 0.15) is 46.1 Å². The van der Waals surface area contributed by atoms with E-state index in [1.54, 1.807) is 12.0 Å². The third-order valence-corrected chi connectivity index (χ3v) is 7.92. The lowest BCUT2D eigenvalue weighted by molar-refractivity contribution is -0.125. The summed E-state index contributed by atoms with van der Waals surface area (Å²) >= 11 is 1.51. The van der Waals surface area contributed by atoms with Gasteiger partial charge in [0.15, 0.2) is 0 Å². The van der Waals surface area contributed by atoms with Gasteiger partial charge in [0.2, 0.25) is 5.91 Å². The van der Waals surface area contributed by atoms with E-state index in [0.29, 0.717) is 19.6 Å². The van der Waals surface area contributed by atoms with Crippen LogP contribution in [0.25, 0.3) is 0 Å². The highest BCUT2D eigenvalue weighted by Crippen LogP contribution is 2.18. The lowest BCUT2D eigenvalue weighted by Gasteiger charge is -2.32. The van der Waals surface area contributed by atoms with Crippen LogP contribution in [-0.4, -0.2) is 112 Å². The normalized spacial score (nSPS) is 16.3. The lowest BCUT2D eigenvalue weighted by atomic mass is 10.0. The first-order valence-corrected chi connectivity index (χ1v) is 16.3. The zero-order chi connectivity index (χ0) is 31.5. The number of likely N-dealkylation sites (N-methyl/N-ethyl adjacent to an activating group) is 2. The predicted molar refractivity (Wildman–Crippen MR) is 176 cm³/mol. The first-order chi connectivity index (χ1) is 20.1. The van der Waals surface area contributed by atoms with Gasteiger partial charge in [-0.15, -0.1) is 11.8 Å². The zero-order valence-corrected chi connectivity index (χ0v) is 27.9. The first kappa shape index (κ1) is 37.4. The molecule has 0 saturated carbocycles. The number of piperazine rings is 1. The van der Waals surface area contributed by atoms with Crippen molar-refractivity contribution in [2.45, 2.75) is 59.0 Å². The second-order valence-corrected chi connectivity index (χ2v) is 11.8. The van der Waals surface area contributed by atoms with Crippen LogP contribution in [0.15, 0.2) is 35.2 Å². The summed E-state index contributed by atoms with van der Waals surface area (Å²) in [5, 5.41) is 14.9. The van der Waals surface area contributed by atoms with Crippen molar-refractivity contribution in [2.24, 2.45) is 5.92 Å². The Kier molecular flexibility index (Phi) is 18.9. The average Bonchev–Trinajstić information content (AvgIpc) is 2.98. The molecular formula is C32H54N6O3S. The molecule has 1 fully saturated rings. The Morgan fingerprint density at radius 2 is 1.81 bits per heavy atom. The van der Waals surface area contributed by atoms with Gasteiger partial charge in [0.05, 0.1) is 17.6 Å². The number of carbonyl (C=O) groups is 2. The minimum Gasteiger partial charge on any atom is -0.383 e. The summed E-state index contributed by atoms with van der Waals surface area (Å²) in [6.45, 7) is 14.9. The zero-order valence-electron chi connectivity index (χ0n) is 27.1. The van der Waals surface area contributed by atoms with Gasteiger partial charge in [0, 0.05) is 71.2 Å². The molecule has 236 valence electrons. The molecule has 1 aromatic carbocycles. The third kappa shape index (κ3) is 14.5. The van der Waals surface area contributed by atoms with Crippen LogP contribution in [0.3, 0.4) is 0 Å². The summed E-state index contributed by atoms with van der Waals surface area (Å²) in [7, 11) is 5.61. The number of nitriles is 1. The number of nitrogens with zero attached hydrogens (tertiary/aromatic N) is 4. The van der Waals surface area contributed by atoms with Crippen LogP contribution in [0.2, 0.25) is 0 Å². The van der Waals surface area contributed by atoms with Crippen molar-refractivity contribution in [2.75, 3.05) is 78.7 Å². The van der Waals surface area contributed by atoms with Crippen molar-refractivity contribution in [1.29, 1.82) is 5.26 Å². The largest absolute Gasteiger partial charge is 0.383 e. The van der Waals surface area contributed by atoms with Gasteiger partial charge in [0.1, 0.15) is 5.92 Å². The van der Waals surface area contributed by atoms with Gasteiger partial charge in [-0.3, -0.25) is 9.59 Å².